The Morgan fingerprint density at radius 2 is 1.96 bits per heavy atom. The summed E-state index contributed by atoms with van der Waals surface area (Å²) in [6.07, 6.45) is 3.43. The standard InChI is InChI=1S/C21H28FN3O3/c1-21(2,3)28-20-17(23-9-10-24-20)13-25-11-8-18(26)15(12-25)14-27-19-7-5-4-6-16(19)22/h4-7,9-10,15,18,26H,8,11-14H2,1-3H3/t15-,18+/m1/s1. The van der Waals surface area contributed by atoms with Crippen molar-refractivity contribution >= 4 is 0 Å². The van der Waals surface area contributed by atoms with E-state index < -0.39 is 11.9 Å². The van der Waals surface area contributed by atoms with Crippen LogP contribution in [0.3, 0.4) is 0 Å². The molecule has 1 aromatic carbocycles. The fourth-order valence-corrected chi connectivity index (χ4v) is 3.21. The zero-order valence-electron chi connectivity index (χ0n) is 16.6. The van der Waals surface area contributed by atoms with Gasteiger partial charge in [0, 0.05) is 37.9 Å². The van der Waals surface area contributed by atoms with Crippen molar-refractivity contribution in [1.82, 2.24) is 14.9 Å². The highest BCUT2D eigenvalue weighted by atomic mass is 19.1. The number of aliphatic hydroxyl groups excluding tert-OH is 1. The lowest BCUT2D eigenvalue weighted by Gasteiger charge is -2.36. The van der Waals surface area contributed by atoms with Gasteiger partial charge < -0.3 is 14.6 Å². The molecule has 7 heteroatoms. The van der Waals surface area contributed by atoms with Crippen molar-refractivity contribution in [1.29, 1.82) is 0 Å². The number of likely N-dealkylation sites (tertiary alicyclic amines) is 1. The molecule has 1 aromatic heterocycles. The molecule has 0 amide bonds. The highest BCUT2D eigenvalue weighted by Crippen LogP contribution is 2.25. The molecular formula is C21H28FN3O3. The molecule has 1 fully saturated rings. The maximum absolute atomic E-state index is 13.8. The minimum Gasteiger partial charge on any atom is -0.490 e. The molecule has 1 N–H and O–H groups in total. The molecule has 2 aromatic rings. The number of hydrogen-bond donors (Lipinski definition) is 1. The van der Waals surface area contributed by atoms with Crippen molar-refractivity contribution in [2.45, 2.75) is 45.4 Å². The molecular weight excluding hydrogens is 361 g/mol. The molecule has 0 bridgehead atoms. The van der Waals surface area contributed by atoms with Crippen molar-refractivity contribution in [3.8, 4) is 11.6 Å². The molecule has 2 heterocycles. The fraction of sp³-hybridized carbons (Fsp3) is 0.524. The number of para-hydroxylation sites is 1. The van der Waals surface area contributed by atoms with Crippen LogP contribution >= 0.6 is 0 Å². The van der Waals surface area contributed by atoms with Gasteiger partial charge in [0.25, 0.3) is 0 Å². The van der Waals surface area contributed by atoms with Crippen molar-refractivity contribution in [2.24, 2.45) is 5.92 Å². The maximum Gasteiger partial charge on any atom is 0.237 e. The first-order valence-corrected chi connectivity index (χ1v) is 9.58. The van der Waals surface area contributed by atoms with E-state index in [0.717, 1.165) is 12.2 Å². The highest BCUT2D eigenvalue weighted by molar-refractivity contribution is 5.23. The van der Waals surface area contributed by atoms with Gasteiger partial charge in [-0.3, -0.25) is 9.88 Å². The number of nitrogens with zero attached hydrogens (tertiary/aromatic N) is 3. The number of ether oxygens (including phenoxy) is 2. The first-order chi connectivity index (χ1) is 13.3. The minimum absolute atomic E-state index is 0.114. The molecule has 1 aliphatic heterocycles. The quantitative estimate of drug-likeness (QED) is 0.819. The molecule has 3 rings (SSSR count). The second kappa shape index (κ2) is 8.84. The van der Waals surface area contributed by atoms with E-state index in [-0.39, 0.29) is 23.9 Å². The maximum atomic E-state index is 13.8. The van der Waals surface area contributed by atoms with Gasteiger partial charge in [0.1, 0.15) is 11.3 Å². The van der Waals surface area contributed by atoms with Gasteiger partial charge >= 0.3 is 0 Å². The van der Waals surface area contributed by atoms with Crippen molar-refractivity contribution in [3.63, 3.8) is 0 Å². The summed E-state index contributed by atoms with van der Waals surface area (Å²) in [5, 5.41) is 10.4. The largest absolute Gasteiger partial charge is 0.490 e. The monoisotopic (exact) mass is 389 g/mol. The van der Waals surface area contributed by atoms with Crippen LogP contribution in [0.2, 0.25) is 0 Å². The number of hydrogen-bond acceptors (Lipinski definition) is 6. The number of aromatic nitrogens is 2. The van der Waals surface area contributed by atoms with Gasteiger partial charge in [-0.15, -0.1) is 0 Å². The number of aliphatic hydroxyl groups is 1. The normalized spacial score (nSPS) is 20.8. The van der Waals surface area contributed by atoms with Crippen LogP contribution in [-0.2, 0) is 6.54 Å². The third-order valence-corrected chi connectivity index (χ3v) is 4.58. The topological polar surface area (TPSA) is 67.7 Å². The van der Waals surface area contributed by atoms with Gasteiger partial charge in [0.05, 0.1) is 12.7 Å². The molecule has 152 valence electrons. The Kier molecular flexibility index (Phi) is 6.46. The number of benzene rings is 1. The first kappa shape index (κ1) is 20.5. The summed E-state index contributed by atoms with van der Waals surface area (Å²) >= 11 is 0. The zero-order valence-corrected chi connectivity index (χ0v) is 16.6. The van der Waals surface area contributed by atoms with Crippen LogP contribution in [0.25, 0.3) is 0 Å². The summed E-state index contributed by atoms with van der Waals surface area (Å²) in [6, 6.07) is 6.31. The average Bonchev–Trinajstić information content (AvgIpc) is 2.64. The smallest absolute Gasteiger partial charge is 0.237 e. The van der Waals surface area contributed by atoms with Gasteiger partial charge in [-0.1, -0.05) is 12.1 Å². The summed E-state index contributed by atoms with van der Waals surface area (Å²) < 4.78 is 25.3. The summed E-state index contributed by atoms with van der Waals surface area (Å²) in [4.78, 5) is 11.0. The van der Waals surface area contributed by atoms with Gasteiger partial charge in [-0.05, 0) is 39.3 Å². The second-order valence-corrected chi connectivity index (χ2v) is 8.12. The molecule has 0 radical (unpaired) electrons. The summed E-state index contributed by atoms with van der Waals surface area (Å²) in [6.45, 7) is 8.10. The van der Waals surface area contributed by atoms with Crippen LogP contribution in [0, 0.1) is 11.7 Å². The summed E-state index contributed by atoms with van der Waals surface area (Å²) in [5.74, 6) is 0.229. The van der Waals surface area contributed by atoms with E-state index in [2.05, 4.69) is 14.9 Å². The zero-order chi connectivity index (χ0) is 20.1. The summed E-state index contributed by atoms with van der Waals surface area (Å²) in [7, 11) is 0. The third kappa shape index (κ3) is 5.62. The van der Waals surface area contributed by atoms with Crippen molar-refractivity contribution in [2.75, 3.05) is 19.7 Å². The molecule has 0 aliphatic carbocycles. The minimum atomic E-state index is -0.477. The van der Waals surface area contributed by atoms with E-state index in [1.165, 1.54) is 6.07 Å². The molecule has 1 saturated heterocycles. The van der Waals surface area contributed by atoms with E-state index in [1.807, 2.05) is 20.8 Å². The van der Waals surface area contributed by atoms with Crippen LogP contribution in [0.1, 0.15) is 32.9 Å². The molecule has 6 nitrogen and oxygen atoms in total. The molecule has 0 unspecified atom stereocenters. The lowest BCUT2D eigenvalue weighted by Crippen LogP contribution is -2.45. The van der Waals surface area contributed by atoms with Gasteiger partial charge in [-0.2, -0.15) is 0 Å². The van der Waals surface area contributed by atoms with Gasteiger partial charge in [0.2, 0.25) is 5.88 Å². The SMILES string of the molecule is CC(C)(C)Oc1nccnc1CN1CC[C@H](O)[C@@H](COc2ccccc2F)C1. The number of halogens is 1. The summed E-state index contributed by atoms with van der Waals surface area (Å²) in [5.41, 5.74) is 0.404. The van der Waals surface area contributed by atoms with E-state index in [4.69, 9.17) is 9.47 Å². The highest BCUT2D eigenvalue weighted by Gasteiger charge is 2.29. The van der Waals surface area contributed by atoms with Crippen molar-refractivity contribution in [3.05, 3.63) is 48.2 Å². The average molecular weight is 389 g/mol. The van der Waals surface area contributed by atoms with Gasteiger partial charge in [0.15, 0.2) is 11.6 Å². The molecule has 2 atom stereocenters. The van der Waals surface area contributed by atoms with Crippen LogP contribution in [0.4, 0.5) is 4.39 Å². The Morgan fingerprint density at radius 3 is 2.71 bits per heavy atom. The molecule has 0 saturated carbocycles. The number of rotatable bonds is 6. The molecule has 1 aliphatic rings. The third-order valence-electron chi connectivity index (χ3n) is 4.58. The lowest BCUT2D eigenvalue weighted by atomic mass is 9.95. The Bertz CT molecular complexity index is 781. The lowest BCUT2D eigenvalue weighted by molar-refractivity contribution is 0.00133. The second-order valence-electron chi connectivity index (χ2n) is 8.12. The fourth-order valence-electron chi connectivity index (χ4n) is 3.21. The number of piperidine rings is 1. The van der Waals surface area contributed by atoms with Crippen LogP contribution in [0.5, 0.6) is 11.6 Å². The van der Waals surface area contributed by atoms with Crippen LogP contribution < -0.4 is 9.47 Å². The van der Waals surface area contributed by atoms with Crippen LogP contribution in [-0.4, -0.2) is 51.4 Å². The predicted molar refractivity (Wildman–Crippen MR) is 104 cm³/mol. The first-order valence-electron chi connectivity index (χ1n) is 9.58. The molecule has 0 spiro atoms. The Morgan fingerprint density at radius 1 is 1.21 bits per heavy atom. The van der Waals surface area contributed by atoms with E-state index in [0.29, 0.717) is 25.4 Å². The predicted octanol–water partition coefficient (Wildman–Crippen LogP) is 3.05. The van der Waals surface area contributed by atoms with E-state index in [9.17, 15) is 9.50 Å². The van der Waals surface area contributed by atoms with Crippen LogP contribution in [0.15, 0.2) is 36.7 Å². The molecule has 28 heavy (non-hydrogen) atoms. The van der Waals surface area contributed by atoms with E-state index in [1.54, 1.807) is 30.6 Å². The Balaban J connectivity index is 1.62. The van der Waals surface area contributed by atoms with Crippen molar-refractivity contribution < 1.29 is 19.0 Å². The van der Waals surface area contributed by atoms with Gasteiger partial charge in [-0.25, -0.2) is 9.37 Å². The Labute approximate surface area is 165 Å². The van der Waals surface area contributed by atoms with E-state index >= 15 is 0 Å². The Hall–Kier alpha value is -2.25.